The number of anilines is 1. The van der Waals surface area contributed by atoms with Crippen LogP contribution >= 0.6 is 0 Å². The molecule has 0 amide bonds. The van der Waals surface area contributed by atoms with Crippen molar-refractivity contribution in [1.29, 1.82) is 0 Å². The Morgan fingerprint density at radius 2 is 2.00 bits per heavy atom. The first-order chi connectivity index (χ1) is 9.26. The van der Waals surface area contributed by atoms with Gasteiger partial charge in [-0.1, -0.05) is 12.1 Å². The highest BCUT2D eigenvalue weighted by Crippen LogP contribution is 2.31. The largest absolute Gasteiger partial charge is 0.497 e. The molecule has 2 N–H and O–H groups in total. The second-order valence-corrected chi connectivity index (χ2v) is 3.95. The van der Waals surface area contributed by atoms with Gasteiger partial charge in [-0.15, -0.1) is 0 Å². The molecular formula is C14H12N2O3. The lowest BCUT2D eigenvalue weighted by Crippen LogP contribution is -1.93. The van der Waals surface area contributed by atoms with Gasteiger partial charge in [0.25, 0.3) is 0 Å². The lowest BCUT2D eigenvalue weighted by molar-refractivity contribution is 0.343. The van der Waals surface area contributed by atoms with Crippen LogP contribution in [0.15, 0.2) is 46.9 Å². The number of hydrogen-bond acceptors (Lipinski definition) is 5. The molecule has 96 valence electrons. The fourth-order valence-corrected chi connectivity index (χ4v) is 1.74. The van der Waals surface area contributed by atoms with Crippen molar-refractivity contribution < 1.29 is 13.9 Å². The average Bonchev–Trinajstić information content (AvgIpc) is 2.83. The molecule has 5 heteroatoms. The fraction of sp³-hybridized carbons (Fsp3) is 0.0714. The SMILES string of the molecule is COc1ccc(Oc2nc3ccccc3o2)c(N)c1. The Hall–Kier alpha value is -2.69. The van der Waals surface area contributed by atoms with Crippen molar-refractivity contribution in [2.75, 3.05) is 12.8 Å². The first kappa shape index (κ1) is 11.4. The van der Waals surface area contributed by atoms with Crippen molar-refractivity contribution in [3.8, 4) is 17.6 Å². The number of nitrogens with zero attached hydrogens (tertiary/aromatic N) is 1. The topological polar surface area (TPSA) is 70.5 Å². The van der Waals surface area contributed by atoms with E-state index in [1.54, 1.807) is 25.3 Å². The highest BCUT2D eigenvalue weighted by molar-refractivity contribution is 5.72. The molecule has 0 unspecified atom stereocenters. The van der Waals surface area contributed by atoms with Crippen LogP contribution in [0.3, 0.4) is 0 Å². The number of fused-ring (bicyclic) bond motifs is 1. The third kappa shape index (κ3) is 2.18. The predicted molar refractivity (Wildman–Crippen MR) is 71.5 cm³/mol. The predicted octanol–water partition coefficient (Wildman–Crippen LogP) is 3.21. The van der Waals surface area contributed by atoms with E-state index in [2.05, 4.69) is 4.98 Å². The zero-order valence-electron chi connectivity index (χ0n) is 10.3. The number of nitrogen functional groups attached to an aromatic ring is 1. The maximum atomic E-state index is 5.86. The normalized spacial score (nSPS) is 10.6. The van der Waals surface area contributed by atoms with E-state index in [-0.39, 0.29) is 6.08 Å². The summed E-state index contributed by atoms with van der Waals surface area (Å²) in [6, 6.07) is 12.6. The number of methoxy groups -OCH3 is 1. The van der Waals surface area contributed by atoms with E-state index in [0.29, 0.717) is 22.8 Å². The van der Waals surface area contributed by atoms with Gasteiger partial charge in [-0.25, -0.2) is 0 Å². The van der Waals surface area contributed by atoms with Gasteiger partial charge in [0.1, 0.15) is 11.3 Å². The Morgan fingerprint density at radius 1 is 1.16 bits per heavy atom. The number of para-hydroxylation sites is 2. The average molecular weight is 256 g/mol. The Morgan fingerprint density at radius 3 is 2.74 bits per heavy atom. The van der Waals surface area contributed by atoms with E-state index >= 15 is 0 Å². The Kier molecular flexibility index (Phi) is 2.72. The standard InChI is InChI=1S/C14H12N2O3/c1-17-9-6-7-12(10(15)8-9)18-14-16-11-4-2-3-5-13(11)19-14/h2-8H,15H2,1H3. The zero-order valence-corrected chi connectivity index (χ0v) is 10.3. The maximum absolute atomic E-state index is 5.86. The monoisotopic (exact) mass is 256 g/mol. The molecule has 0 bridgehead atoms. The van der Waals surface area contributed by atoms with Gasteiger partial charge in [-0.05, 0) is 24.3 Å². The van der Waals surface area contributed by atoms with Crippen molar-refractivity contribution in [3.63, 3.8) is 0 Å². The summed E-state index contributed by atoms with van der Waals surface area (Å²) in [5.74, 6) is 1.15. The number of aromatic nitrogens is 1. The summed E-state index contributed by atoms with van der Waals surface area (Å²) in [5.41, 5.74) is 7.74. The molecule has 0 saturated heterocycles. The van der Waals surface area contributed by atoms with E-state index in [0.717, 1.165) is 5.52 Å². The molecule has 19 heavy (non-hydrogen) atoms. The summed E-state index contributed by atoms with van der Waals surface area (Å²) < 4.78 is 16.1. The van der Waals surface area contributed by atoms with E-state index in [9.17, 15) is 0 Å². The minimum atomic E-state index is 0.165. The molecule has 0 saturated carbocycles. The van der Waals surface area contributed by atoms with Crippen molar-refractivity contribution in [1.82, 2.24) is 4.98 Å². The maximum Gasteiger partial charge on any atom is 0.400 e. The van der Waals surface area contributed by atoms with Crippen molar-refractivity contribution in [2.24, 2.45) is 0 Å². The molecule has 2 aromatic carbocycles. The van der Waals surface area contributed by atoms with Crippen molar-refractivity contribution in [2.45, 2.75) is 0 Å². The Balaban J connectivity index is 1.92. The van der Waals surface area contributed by atoms with Crippen LogP contribution in [0.25, 0.3) is 11.1 Å². The summed E-state index contributed by atoms with van der Waals surface area (Å²) in [5, 5.41) is 0. The number of nitrogens with two attached hydrogens (primary N) is 1. The number of oxazole rings is 1. The molecule has 5 nitrogen and oxygen atoms in total. The quantitative estimate of drug-likeness (QED) is 0.728. The molecule has 0 fully saturated rings. The van der Waals surface area contributed by atoms with E-state index in [1.807, 2.05) is 24.3 Å². The van der Waals surface area contributed by atoms with Gasteiger partial charge < -0.3 is 19.6 Å². The summed E-state index contributed by atoms with van der Waals surface area (Å²) >= 11 is 0. The minimum Gasteiger partial charge on any atom is -0.497 e. The van der Waals surface area contributed by atoms with Gasteiger partial charge in [-0.2, -0.15) is 4.98 Å². The van der Waals surface area contributed by atoms with Gasteiger partial charge in [0.2, 0.25) is 0 Å². The van der Waals surface area contributed by atoms with E-state index in [4.69, 9.17) is 19.6 Å². The van der Waals surface area contributed by atoms with Crippen LogP contribution in [-0.4, -0.2) is 12.1 Å². The van der Waals surface area contributed by atoms with Crippen LogP contribution < -0.4 is 15.2 Å². The Labute approximate surface area is 109 Å². The number of benzene rings is 2. The zero-order chi connectivity index (χ0) is 13.2. The highest BCUT2D eigenvalue weighted by atomic mass is 16.6. The molecule has 1 aromatic heterocycles. The van der Waals surface area contributed by atoms with E-state index < -0.39 is 0 Å². The van der Waals surface area contributed by atoms with Gasteiger partial charge in [0, 0.05) is 6.07 Å². The number of hydrogen-bond donors (Lipinski definition) is 1. The summed E-state index contributed by atoms with van der Waals surface area (Å²) in [6.07, 6.45) is 0.165. The van der Waals surface area contributed by atoms with E-state index in [1.165, 1.54) is 0 Å². The van der Waals surface area contributed by atoms with Crippen LogP contribution in [0.4, 0.5) is 5.69 Å². The smallest absolute Gasteiger partial charge is 0.400 e. The molecule has 0 aliphatic carbocycles. The molecule has 0 aliphatic rings. The number of rotatable bonds is 3. The minimum absolute atomic E-state index is 0.165. The van der Waals surface area contributed by atoms with Crippen molar-refractivity contribution in [3.05, 3.63) is 42.5 Å². The lowest BCUT2D eigenvalue weighted by Gasteiger charge is -2.06. The second kappa shape index (κ2) is 4.53. The lowest BCUT2D eigenvalue weighted by atomic mass is 10.3. The molecule has 1 heterocycles. The van der Waals surface area contributed by atoms with Gasteiger partial charge in [0.15, 0.2) is 11.3 Å². The molecule has 0 spiro atoms. The van der Waals surface area contributed by atoms with Gasteiger partial charge in [0.05, 0.1) is 12.8 Å². The highest BCUT2D eigenvalue weighted by Gasteiger charge is 2.09. The third-order valence-corrected chi connectivity index (χ3v) is 2.69. The fourth-order valence-electron chi connectivity index (χ4n) is 1.74. The van der Waals surface area contributed by atoms with Crippen LogP contribution in [0, 0.1) is 0 Å². The van der Waals surface area contributed by atoms with Gasteiger partial charge in [-0.3, -0.25) is 0 Å². The summed E-state index contributed by atoms with van der Waals surface area (Å²) in [7, 11) is 1.58. The molecular weight excluding hydrogens is 244 g/mol. The first-order valence-electron chi connectivity index (χ1n) is 5.73. The molecule has 0 atom stereocenters. The van der Waals surface area contributed by atoms with Crippen molar-refractivity contribution >= 4 is 16.8 Å². The van der Waals surface area contributed by atoms with Crippen LogP contribution in [0.1, 0.15) is 0 Å². The van der Waals surface area contributed by atoms with Crippen LogP contribution in [0.2, 0.25) is 0 Å². The molecule has 3 rings (SSSR count). The molecule has 0 radical (unpaired) electrons. The number of ether oxygens (including phenoxy) is 2. The molecule has 0 aliphatic heterocycles. The van der Waals surface area contributed by atoms with Crippen LogP contribution in [-0.2, 0) is 0 Å². The third-order valence-electron chi connectivity index (χ3n) is 2.69. The Bertz CT molecular complexity index is 689. The van der Waals surface area contributed by atoms with Gasteiger partial charge >= 0.3 is 6.08 Å². The van der Waals surface area contributed by atoms with Crippen LogP contribution in [0.5, 0.6) is 17.6 Å². The first-order valence-corrected chi connectivity index (χ1v) is 5.73. The summed E-state index contributed by atoms with van der Waals surface area (Å²) in [4.78, 5) is 4.22. The second-order valence-electron chi connectivity index (χ2n) is 3.95. The molecule has 3 aromatic rings. The summed E-state index contributed by atoms with van der Waals surface area (Å²) in [6.45, 7) is 0.